The molecule has 9 heteroatoms. The number of ether oxygens (including phenoxy) is 2. The maximum absolute atomic E-state index is 6.76. The molecule has 3 aromatic heterocycles. The van der Waals surface area contributed by atoms with Gasteiger partial charge < -0.3 is 18.9 Å². The maximum atomic E-state index is 6.76. The van der Waals surface area contributed by atoms with Crippen molar-refractivity contribution in [3.8, 4) is 23.0 Å². The number of rotatable bonds is 9. The van der Waals surface area contributed by atoms with Gasteiger partial charge in [-0.15, -0.1) is 0 Å². The second-order valence-electron chi connectivity index (χ2n) is 9.54. The Hall–Kier alpha value is -3.23. The Morgan fingerprint density at radius 2 is 1.94 bits per heavy atom. The highest BCUT2D eigenvalue weighted by Crippen LogP contribution is 2.41. The molecule has 1 aromatic carbocycles. The van der Waals surface area contributed by atoms with Gasteiger partial charge in [-0.25, -0.2) is 9.97 Å². The standard InChI is InChI=1S/C26H29ClN6O2/c1-17-7-10-28-18(13-17)15-33-23(20-6-5-19(14-21(20)27)34-12-11-32(3)4)31-22-24(33)29-16-30-25(22)35-26(2)8-9-26/h5-7,10,13-14,16H,8-9,11-12,15H2,1-4H3. The summed E-state index contributed by atoms with van der Waals surface area (Å²) >= 11 is 6.76. The molecule has 1 aliphatic carbocycles. The Bertz CT molecular complexity index is 1370. The summed E-state index contributed by atoms with van der Waals surface area (Å²) < 4.78 is 14.1. The fourth-order valence-corrected chi connectivity index (χ4v) is 4.07. The molecule has 35 heavy (non-hydrogen) atoms. The van der Waals surface area contributed by atoms with E-state index < -0.39 is 0 Å². The van der Waals surface area contributed by atoms with Crippen molar-refractivity contribution in [1.29, 1.82) is 0 Å². The van der Waals surface area contributed by atoms with Crippen LogP contribution in [0, 0.1) is 6.92 Å². The number of imidazole rings is 1. The molecule has 1 saturated carbocycles. The molecule has 0 atom stereocenters. The topological polar surface area (TPSA) is 78.2 Å². The van der Waals surface area contributed by atoms with Crippen LogP contribution < -0.4 is 9.47 Å². The van der Waals surface area contributed by atoms with Gasteiger partial charge >= 0.3 is 0 Å². The average molecular weight is 493 g/mol. The summed E-state index contributed by atoms with van der Waals surface area (Å²) in [6, 6.07) is 9.72. The van der Waals surface area contributed by atoms with Crippen LogP contribution in [0.3, 0.4) is 0 Å². The van der Waals surface area contributed by atoms with Gasteiger partial charge in [-0.05, 0) is 76.7 Å². The van der Waals surface area contributed by atoms with E-state index in [9.17, 15) is 0 Å². The number of benzene rings is 1. The number of halogens is 1. The number of aryl methyl sites for hydroxylation is 1. The molecule has 8 nitrogen and oxygen atoms in total. The Balaban J connectivity index is 1.57. The van der Waals surface area contributed by atoms with E-state index in [0.29, 0.717) is 46.8 Å². The maximum Gasteiger partial charge on any atom is 0.245 e. The van der Waals surface area contributed by atoms with E-state index in [1.54, 1.807) is 0 Å². The fraction of sp³-hybridized carbons (Fsp3) is 0.385. The van der Waals surface area contributed by atoms with Crippen LogP contribution in [0.15, 0.2) is 42.9 Å². The first-order chi connectivity index (χ1) is 16.8. The van der Waals surface area contributed by atoms with Crippen LogP contribution in [0.5, 0.6) is 11.6 Å². The highest BCUT2D eigenvalue weighted by Gasteiger charge is 2.41. The minimum Gasteiger partial charge on any atom is -0.492 e. The Kier molecular flexibility index (Phi) is 6.34. The summed E-state index contributed by atoms with van der Waals surface area (Å²) in [5, 5.41) is 0.547. The van der Waals surface area contributed by atoms with Gasteiger partial charge in [-0.1, -0.05) is 11.6 Å². The molecule has 4 aromatic rings. The highest BCUT2D eigenvalue weighted by atomic mass is 35.5. The number of aromatic nitrogens is 5. The van der Waals surface area contributed by atoms with Crippen molar-refractivity contribution in [2.45, 2.75) is 38.8 Å². The molecule has 1 aliphatic rings. The van der Waals surface area contributed by atoms with Gasteiger partial charge in [0.1, 0.15) is 30.1 Å². The molecule has 0 N–H and O–H groups in total. The first-order valence-electron chi connectivity index (χ1n) is 11.7. The monoisotopic (exact) mass is 492 g/mol. The van der Waals surface area contributed by atoms with Gasteiger partial charge in [0.25, 0.3) is 0 Å². The zero-order chi connectivity index (χ0) is 24.6. The highest BCUT2D eigenvalue weighted by molar-refractivity contribution is 6.33. The second kappa shape index (κ2) is 9.43. The van der Waals surface area contributed by atoms with Crippen molar-refractivity contribution in [2.75, 3.05) is 27.2 Å². The molecule has 3 heterocycles. The van der Waals surface area contributed by atoms with Crippen LogP contribution in [0.1, 0.15) is 31.0 Å². The molecule has 0 spiro atoms. The van der Waals surface area contributed by atoms with Crippen LogP contribution >= 0.6 is 11.6 Å². The van der Waals surface area contributed by atoms with E-state index in [0.717, 1.165) is 36.2 Å². The number of likely N-dealkylation sites (N-methyl/N-ethyl adjacent to an activating group) is 1. The van der Waals surface area contributed by atoms with Crippen LogP contribution in [-0.4, -0.2) is 62.3 Å². The molecule has 0 aliphatic heterocycles. The molecule has 0 radical (unpaired) electrons. The lowest BCUT2D eigenvalue weighted by atomic mass is 10.2. The van der Waals surface area contributed by atoms with Crippen molar-refractivity contribution < 1.29 is 9.47 Å². The van der Waals surface area contributed by atoms with E-state index in [2.05, 4.69) is 39.8 Å². The Labute approximate surface area is 209 Å². The van der Waals surface area contributed by atoms with Gasteiger partial charge in [0.15, 0.2) is 11.2 Å². The predicted molar refractivity (Wildman–Crippen MR) is 136 cm³/mol. The Morgan fingerprint density at radius 3 is 2.66 bits per heavy atom. The van der Waals surface area contributed by atoms with E-state index in [1.807, 2.05) is 49.1 Å². The lowest BCUT2D eigenvalue weighted by molar-refractivity contribution is 0.194. The summed E-state index contributed by atoms with van der Waals surface area (Å²) in [5.74, 6) is 1.89. The lowest BCUT2D eigenvalue weighted by Crippen LogP contribution is -2.19. The Morgan fingerprint density at radius 1 is 1.11 bits per heavy atom. The smallest absolute Gasteiger partial charge is 0.245 e. The number of hydrogen-bond donors (Lipinski definition) is 0. The van der Waals surface area contributed by atoms with Gasteiger partial charge in [-0.2, -0.15) is 4.98 Å². The largest absolute Gasteiger partial charge is 0.492 e. The number of fused-ring (bicyclic) bond motifs is 1. The SMILES string of the molecule is Cc1ccnc(Cn2c(-c3ccc(OCCN(C)C)cc3Cl)nc3c(OC4(C)CC4)ncnc32)c1. The van der Waals surface area contributed by atoms with Gasteiger partial charge in [0.05, 0.1) is 17.3 Å². The molecule has 0 bridgehead atoms. The van der Waals surface area contributed by atoms with Gasteiger partial charge in [0.2, 0.25) is 5.88 Å². The molecule has 5 rings (SSSR count). The lowest BCUT2D eigenvalue weighted by Gasteiger charge is -2.13. The summed E-state index contributed by atoms with van der Waals surface area (Å²) in [6.45, 7) is 6.02. The van der Waals surface area contributed by atoms with E-state index in [4.69, 9.17) is 26.1 Å². The predicted octanol–water partition coefficient (Wildman–Crippen LogP) is 4.77. The van der Waals surface area contributed by atoms with Crippen LogP contribution in [0.2, 0.25) is 5.02 Å². The van der Waals surface area contributed by atoms with Gasteiger partial charge in [-0.3, -0.25) is 4.98 Å². The quantitative estimate of drug-likeness (QED) is 0.333. The molecule has 0 saturated heterocycles. The average Bonchev–Trinajstić information content (AvgIpc) is 3.42. The number of pyridine rings is 1. The van der Waals surface area contributed by atoms with Crippen LogP contribution in [0.25, 0.3) is 22.6 Å². The molecular weight excluding hydrogens is 464 g/mol. The van der Waals surface area contributed by atoms with Crippen molar-refractivity contribution in [1.82, 2.24) is 29.4 Å². The first kappa shape index (κ1) is 23.5. The normalized spacial score (nSPS) is 14.5. The third kappa shape index (κ3) is 5.23. The molecule has 182 valence electrons. The summed E-state index contributed by atoms with van der Waals surface area (Å²) in [6.07, 6.45) is 5.34. The fourth-order valence-electron chi connectivity index (χ4n) is 3.82. The van der Waals surface area contributed by atoms with Crippen molar-refractivity contribution in [3.63, 3.8) is 0 Å². The summed E-state index contributed by atoms with van der Waals surface area (Å²) in [4.78, 5) is 20.5. The van der Waals surface area contributed by atoms with Crippen LogP contribution in [-0.2, 0) is 6.54 Å². The van der Waals surface area contributed by atoms with Crippen molar-refractivity contribution in [2.24, 2.45) is 0 Å². The van der Waals surface area contributed by atoms with E-state index in [-0.39, 0.29) is 5.60 Å². The molecule has 0 amide bonds. The molecule has 0 unspecified atom stereocenters. The minimum absolute atomic E-state index is 0.188. The molecular formula is C26H29ClN6O2. The van der Waals surface area contributed by atoms with Crippen molar-refractivity contribution >= 4 is 22.8 Å². The third-order valence-electron chi connectivity index (χ3n) is 6.08. The zero-order valence-corrected chi connectivity index (χ0v) is 21.2. The van der Waals surface area contributed by atoms with E-state index >= 15 is 0 Å². The number of nitrogens with zero attached hydrogens (tertiary/aromatic N) is 6. The molecule has 1 fully saturated rings. The second-order valence-corrected chi connectivity index (χ2v) is 9.95. The summed E-state index contributed by atoms with van der Waals surface area (Å²) in [7, 11) is 4.02. The zero-order valence-electron chi connectivity index (χ0n) is 20.5. The number of hydrogen-bond acceptors (Lipinski definition) is 7. The third-order valence-corrected chi connectivity index (χ3v) is 6.39. The minimum atomic E-state index is -0.188. The van der Waals surface area contributed by atoms with E-state index in [1.165, 1.54) is 6.33 Å². The first-order valence-corrected chi connectivity index (χ1v) is 12.1. The summed E-state index contributed by atoms with van der Waals surface area (Å²) in [5.41, 5.74) is 3.93. The van der Waals surface area contributed by atoms with Gasteiger partial charge in [0, 0.05) is 18.3 Å². The van der Waals surface area contributed by atoms with Crippen molar-refractivity contribution in [3.05, 3.63) is 59.1 Å². The van der Waals surface area contributed by atoms with Crippen LogP contribution in [0.4, 0.5) is 0 Å².